The predicted octanol–water partition coefficient (Wildman–Crippen LogP) is 4.61. The van der Waals surface area contributed by atoms with Crippen LogP contribution in [0, 0.1) is 5.41 Å². The summed E-state index contributed by atoms with van der Waals surface area (Å²) in [6.45, 7) is 12.2. The van der Waals surface area contributed by atoms with E-state index in [2.05, 4.69) is 20.9 Å². The van der Waals surface area contributed by atoms with Gasteiger partial charge in [0.25, 0.3) is 11.8 Å². The number of nitrogens with zero attached hydrogens (tertiary/aromatic N) is 2. The molecule has 0 unspecified atom stereocenters. The number of anilines is 1. The van der Waals surface area contributed by atoms with Crippen molar-refractivity contribution < 1.29 is 23.9 Å². The Morgan fingerprint density at radius 2 is 1.60 bits per heavy atom. The van der Waals surface area contributed by atoms with Crippen LogP contribution >= 0.6 is 0 Å². The Morgan fingerprint density at radius 1 is 0.896 bits per heavy atom. The topological polar surface area (TPSA) is 112 Å². The van der Waals surface area contributed by atoms with Crippen LogP contribution in [0.3, 0.4) is 0 Å². The van der Waals surface area contributed by atoms with Crippen molar-refractivity contribution >= 4 is 23.4 Å². The lowest BCUT2D eigenvalue weighted by Gasteiger charge is -2.26. The third-order valence-corrected chi connectivity index (χ3v) is 8.05. The van der Waals surface area contributed by atoms with Crippen molar-refractivity contribution in [2.75, 3.05) is 65.4 Å². The van der Waals surface area contributed by atoms with E-state index in [1.54, 1.807) is 42.5 Å². The molecule has 0 bridgehead atoms. The summed E-state index contributed by atoms with van der Waals surface area (Å²) in [5.41, 5.74) is 3.38. The number of carbonyl (C=O) groups is 3. The van der Waals surface area contributed by atoms with Crippen LogP contribution in [0.1, 0.15) is 59.0 Å². The first-order chi connectivity index (χ1) is 22.9. The molecule has 3 amide bonds. The summed E-state index contributed by atoms with van der Waals surface area (Å²) in [6.07, 6.45) is 1.39. The van der Waals surface area contributed by atoms with Gasteiger partial charge in [0.15, 0.2) is 0 Å². The SMILES string of the molecule is CN(C)CCOc1ccc(C(=O)NCc2cccc(C(=O)N[C@@H](CC(C)(C)C)C(=O)Nc3ccc(CCN4CCOCC4)cc3)c2)cc1. The molecule has 1 atom stereocenters. The van der Waals surface area contributed by atoms with Gasteiger partial charge in [-0.15, -0.1) is 0 Å². The molecule has 0 aliphatic carbocycles. The average molecular weight is 658 g/mol. The van der Waals surface area contributed by atoms with Crippen LogP contribution in [0.25, 0.3) is 0 Å². The molecule has 0 saturated carbocycles. The monoisotopic (exact) mass is 657 g/mol. The number of likely N-dealkylation sites (N-methyl/N-ethyl adjacent to an activating group) is 1. The second kappa shape index (κ2) is 17.8. The molecule has 1 aliphatic rings. The Hall–Kier alpha value is -4.25. The number of rotatable bonds is 15. The van der Waals surface area contributed by atoms with E-state index in [9.17, 15) is 14.4 Å². The molecule has 0 spiro atoms. The Bertz CT molecular complexity index is 1480. The number of hydrogen-bond donors (Lipinski definition) is 3. The highest BCUT2D eigenvalue weighted by Crippen LogP contribution is 2.22. The Kier molecular flexibility index (Phi) is 13.5. The molecule has 1 fully saturated rings. The summed E-state index contributed by atoms with van der Waals surface area (Å²) in [5.74, 6) is -0.136. The highest BCUT2D eigenvalue weighted by molar-refractivity contribution is 6.01. The minimum atomic E-state index is -0.739. The van der Waals surface area contributed by atoms with E-state index in [1.165, 1.54) is 5.56 Å². The molecule has 1 saturated heterocycles. The van der Waals surface area contributed by atoms with Gasteiger partial charge in [0.05, 0.1) is 13.2 Å². The zero-order chi connectivity index (χ0) is 34.5. The molecule has 258 valence electrons. The smallest absolute Gasteiger partial charge is 0.251 e. The Balaban J connectivity index is 1.31. The summed E-state index contributed by atoms with van der Waals surface area (Å²) >= 11 is 0. The van der Waals surface area contributed by atoms with Gasteiger partial charge in [-0.3, -0.25) is 19.3 Å². The van der Waals surface area contributed by atoms with Gasteiger partial charge in [-0.1, -0.05) is 45.0 Å². The summed E-state index contributed by atoms with van der Waals surface area (Å²) in [5, 5.41) is 8.86. The highest BCUT2D eigenvalue weighted by atomic mass is 16.5. The molecule has 4 rings (SSSR count). The maximum absolute atomic E-state index is 13.5. The van der Waals surface area contributed by atoms with Crippen LogP contribution in [0.4, 0.5) is 5.69 Å². The lowest BCUT2D eigenvalue weighted by Crippen LogP contribution is -2.45. The van der Waals surface area contributed by atoms with Gasteiger partial charge >= 0.3 is 0 Å². The number of benzene rings is 3. The van der Waals surface area contributed by atoms with Gasteiger partial charge in [0.1, 0.15) is 18.4 Å². The summed E-state index contributed by atoms with van der Waals surface area (Å²) in [4.78, 5) is 44.1. The van der Waals surface area contributed by atoms with Crippen LogP contribution in [-0.4, -0.2) is 93.7 Å². The fourth-order valence-electron chi connectivity index (χ4n) is 5.31. The van der Waals surface area contributed by atoms with Crippen molar-refractivity contribution in [3.8, 4) is 5.75 Å². The highest BCUT2D eigenvalue weighted by Gasteiger charge is 2.27. The normalized spacial score (nSPS) is 14.3. The van der Waals surface area contributed by atoms with E-state index in [1.807, 2.05) is 70.1 Å². The molecule has 48 heavy (non-hydrogen) atoms. The van der Waals surface area contributed by atoms with E-state index in [-0.39, 0.29) is 29.7 Å². The number of carbonyl (C=O) groups excluding carboxylic acids is 3. The lowest BCUT2D eigenvalue weighted by molar-refractivity contribution is -0.118. The van der Waals surface area contributed by atoms with E-state index in [0.717, 1.165) is 51.4 Å². The maximum atomic E-state index is 13.5. The fraction of sp³-hybridized carbons (Fsp3) is 0.447. The van der Waals surface area contributed by atoms with Crippen molar-refractivity contribution in [3.63, 3.8) is 0 Å². The molecule has 10 heteroatoms. The summed E-state index contributed by atoms with van der Waals surface area (Å²) in [7, 11) is 3.97. The molecule has 1 heterocycles. The first-order valence-corrected chi connectivity index (χ1v) is 16.7. The minimum absolute atomic E-state index is 0.207. The second-order valence-corrected chi connectivity index (χ2v) is 13.7. The van der Waals surface area contributed by atoms with E-state index in [0.29, 0.717) is 35.6 Å². The first-order valence-electron chi connectivity index (χ1n) is 16.7. The van der Waals surface area contributed by atoms with Crippen molar-refractivity contribution in [2.24, 2.45) is 5.41 Å². The quantitative estimate of drug-likeness (QED) is 0.219. The average Bonchev–Trinajstić information content (AvgIpc) is 3.06. The lowest BCUT2D eigenvalue weighted by atomic mass is 9.87. The van der Waals surface area contributed by atoms with Crippen molar-refractivity contribution in [3.05, 3.63) is 95.1 Å². The molecule has 3 N–H and O–H groups in total. The predicted molar refractivity (Wildman–Crippen MR) is 189 cm³/mol. The largest absolute Gasteiger partial charge is 0.492 e. The Morgan fingerprint density at radius 3 is 2.27 bits per heavy atom. The zero-order valence-electron chi connectivity index (χ0n) is 29.0. The second-order valence-electron chi connectivity index (χ2n) is 13.7. The molecule has 3 aromatic carbocycles. The molecule has 0 radical (unpaired) electrons. The molecule has 1 aliphatic heterocycles. The number of morpholine rings is 1. The number of nitrogens with one attached hydrogen (secondary N) is 3. The van der Waals surface area contributed by atoms with E-state index in [4.69, 9.17) is 9.47 Å². The van der Waals surface area contributed by atoms with Gasteiger partial charge in [-0.2, -0.15) is 0 Å². The molecular weight excluding hydrogens is 606 g/mol. The van der Waals surface area contributed by atoms with Crippen molar-refractivity contribution in [1.29, 1.82) is 0 Å². The third kappa shape index (κ3) is 12.4. The molecule has 0 aromatic heterocycles. The van der Waals surface area contributed by atoms with Crippen LogP contribution in [0.15, 0.2) is 72.8 Å². The first kappa shape index (κ1) is 36.6. The van der Waals surface area contributed by atoms with E-state index >= 15 is 0 Å². The van der Waals surface area contributed by atoms with Gasteiger partial charge in [-0.05, 0) is 92.0 Å². The van der Waals surface area contributed by atoms with Gasteiger partial charge in [0, 0.05) is 49.5 Å². The number of hydrogen-bond acceptors (Lipinski definition) is 7. The van der Waals surface area contributed by atoms with Crippen LogP contribution < -0.4 is 20.7 Å². The van der Waals surface area contributed by atoms with Crippen LogP contribution in [-0.2, 0) is 22.5 Å². The maximum Gasteiger partial charge on any atom is 0.251 e. The number of amides is 3. The van der Waals surface area contributed by atoms with Crippen LogP contribution in [0.2, 0.25) is 0 Å². The zero-order valence-corrected chi connectivity index (χ0v) is 29.0. The molecule has 3 aromatic rings. The molecular formula is C38H51N5O5. The summed E-state index contributed by atoms with van der Waals surface area (Å²) < 4.78 is 11.1. The van der Waals surface area contributed by atoms with E-state index < -0.39 is 6.04 Å². The standard InChI is InChI=1S/C38H51N5O5/c1-38(2,3)26-34(37(46)40-32-13-9-28(10-14-32)17-18-43-20-22-47-23-21-43)41-36(45)31-8-6-7-29(25-31)27-39-35(44)30-11-15-33(16-12-30)48-24-19-42(4)5/h6-16,25,34H,17-24,26-27H2,1-5H3,(H,39,44)(H,40,46)(H,41,45)/t34-/m0/s1. The van der Waals surface area contributed by atoms with Crippen LogP contribution in [0.5, 0.6) is 5.75 Å². The van der Waals surface area contributed by atoms with Gasteiger partial charge in [0.2, 0.25) is 5.91 Å². The van der Waals surface area contributed by atoms with Gasteiger partial charge < -0.3 is 30.3 Å². The minimum Gasteiger partial charge on any atom is -0.492 e. The third-order valence-electron chi connectivity index (χ3n) is 8.05. The summed E-state index contributed by atoms with van der Waals surface area (Å²) in [6, 6.07) is 21.2. The fourth-order valence-corrected chi connectivity index (χ4v) is 5.31. The number of ether oxygens (including phenoxy) is 2. The van der Waals surface area contributed by atoms with Crippen molar-refractivity contribution in [2.45, 2.75) is 46.2 Å². The van der Waals surface area contributed by atoms with Crippen molar-refractivity contribution in [1.82, 2.24) is 20.4 Å². The van der Waals surface area contributed by atoms with Gasteiger partial charge in [-0.25, -0.2) is 0 Å². The Labute approximate surface area is 285 Å². The molecule has 10 nitrogen and oxygen atoms in total.